The Bertz CT molecular complexity index is 984. The molecule has 0 spiro atoms. The van der Waals surface area contributed by atoms with Gasteiger partial charge in [-0.25, -0.2) is 0 Å². The Balaban J connectivity index is 1.93. The van der Waals surface area contributed by atoms with E-state index >= 15 is 0 Å². The highest BCUT2D eigenvalue weighted by atomic mass is 16.5. The predicted molar refractivity (Wildman–Crippen MR) is 121 cm³/mol. The van der Waals surface area contributed by atoms with Crippen molar-refractivity contribution in [1.82, 2.24) is 0 Å². The fourth-order valence-corrected chi connectivity index (χ4v) is 3.33. The van der Waals surface area contributed by atoms with Crippen LogP contribution in [-0.4, -0.2) is 5.11 Å². The second kappa shape index (κ2) is 9.79. The highest BCUT2D eigenvalue weighted by molar-refractivity contribution is 5.73. The molecule has 1 N–H and O–H groups in total. The molecule has 0 unspecified atom stereocenters. The molecule has 2 heteroatoms. The van der Waals surface area contributed by atoms with Crippen molar-refractivity contribution in [2.75, 3.05) is 0 Å². The Morgan fingerprint density at radius 1 is 0.828 bits per heavy atom. The number of hydrogen-bond acceptors (Lipinski definition) is 2. The number of allylic oxidation sites excluding steroid dienone is 2. The lowest BCUT2D eigenvalue weighted by Crippen LogP contribution is -1.98. The van der Waals surface area contributed by atoms with E-state index in [2.05, 4.69) is 56.5 Å². The molecule has 148 valence electrons. The van der Waals surface area contributed by atoms with E-state index in [1.54, 1.807) is 12.1 Å². The second-order valence-electron chi connectivity index (χ2n) is 7.12. The molecule has 0 aliphatic rings. The first-order valence-corrected chi connectivity index (χ1v) is 10.0. The first-order valence-electron chi connectivity index (χ1n) is 10.0. The quantitative estimate of drug-likeness (QED) is 0.418. The zero-order valence-corrected chi connectivity index (χ0v) is 17.0. The number of rotatable bonds is 9. The molecule has 0 amide bonds. The van der Waals surface area contributed by atoms with E-state index in [-0.39, 0.29) is 5.75 Å². The predicted octanol–water partition coefficient (Wildman–Crippen LogP) is 6.66. The molecule has 0 saturated heterocycles. The van der Waals surface area contributed by atoms with Crippen molar-refractivity contribution < 1.29 is 9.84 Å². The molecule has 0 saturated carbocycles. The molecule has 0 aromatic heterocycles. The maximum absolute atomic E-state index is 10.1. The van der Waals surface area contributed by atoms with Crippen LogP contribution in [0.1, 0.15) is 29.2 Å². The summed E-state index contributed by atoms with van der Waals surface area (Å²) in [4.78, 5) is 0. The molecular formula is C27H28O2. The third kappa shape index (κ3) is 5.17. The number of hydrogen-bond donors (Lipinski definition) is 1. The smallest absolute Gasteiger partial charge is 0.127 e. The Morgan fingerprint density at radius 3 is 2.21 bits per heavy atom. The largest absolute Gasteiger partial charge is 0.508 e. The van der Waals surface area contributed by atoms with Gasteiger partial charge in [0, 0.05) is 5.56 Å². The van der Waals surface area contributed by atoms with E-state index in [0.29, 0.717) is 13.0 Å². The van der Waals surface area contributed by atoms with Crippen molar-refractivity contribution in [3.63, 3.8) is 0 Å². The highest BCUT2D eigenvalue weighted by Crippen LogP contribution is 2.34. The molecule has 3 aromatic rings. The van der Waals surface area contributed by atoms with Crippen LogP contribution in [0.25, 0.3) is 11.1 Å². The summed E-state index contributed by atoms with van der Waals surface area (Å²) in [5, 5.41) is 10.1. The normalized spacial score (nSPS) is 10.5. The van der Waals surface area contributed by atoms with E-state index in [1.165, 1.54) is 11.1 Å². The van der Waals surface area contributed by atoms with E-state index < -0.39 is 0 Å². The van der Waals surface area contributed by atoms with Gasteiger partial charge in [-0.1, -0.05) is 55.5 Å². The maximum Gasteiger partial charge on any atom is 0.127 e. The van der Waals surface area contributed by atoms with E-state index in [1.807, 2.05) is 24.3 Å². The molecule has 3 aromatic carbocycles. The molecule has 0 fully saturated rings. The Labute approximate surface area is 173 Å². The Morgan fingerprint density at radius 2 is 1.52 bits per heavy atom. The average molecular weight is 385 g/mol. The molecule has 0 atom stereocenters. The summed E-state index contributed by atoms with van der Waals surface area (Å²) in [5.74, 6) is 1.11. The van der Waals surface area contributed by atoms with Gasteiger partial charge in [0.05, 0.1) is 0 Å². The molecule has 0 aliphatic heterocycles. The van der Waals surface area contributed by atoms with Gasteiger partial charge in [0.1, 0.15) is 18.1 Å². The van der Waals surface area contributed by atoms with Crippen LogP contribution in [0.3, 0.4) is 0 Å². The van der Waals surface area contributed by atoms with Gasteiger partial charge in [-0.05, 0) is 71.3 Å². The van der Waals surface area contributed by atoms with Gasteiger partial charge in [-0.15, -0.1) is 13.2 Å². The molecule has 0 aliphatic carbocycles. The molecule has 0 radical (unpaired) electrons. The van der Waals surface area contributed by atoms with Crippen molar-refractivity contribution in [3.05, 3.63) is 108 Å². The zero-order chi connectivity index (χ0) is 20.6. The molecule has 2 nitrogen and oxygen atoms in total. The monoisotopic (exact) mass is 384 g/mol. The summed E-state index contributed by atoms with van der Waals surface area (Å²) >= 11 is 0. The topological polar surface area (TPSA) is 29.5 Å². The zero-order valence-electron chi connectivity index (χ0n) is 17.0. The molecule has 0 bridgehead atoms. The third-order valence-corrected chi connectivity index (χ3v) is 5.00. The first-order chi connectivity index (χ1) is 14.1. The number of phenols is 1. The van der Waals surface area contributed by atoms with E-state index in [0.717, 1.165) is 40.8 Å². The summed E-state index contributed by atoms with van der Waals surface area (Å²) in [7, 11) is 0. The Hall–Kier alpha value is -3.26. The standard InChI is InChI=1S/C27H28O2/c1-4-7-21-13-16-27(29-19-22-11-9-20(6-3)10-12-22)25(17-21)23-14-15-26(28)24(18-23)8-5-2/h4-5,9-18,28H,1-2,6-8,19H2,3H3. The van der Waals surface area contributed by atoms with Crippen LogP contribution in [0.4, 0.5) is 0 Å². The van der Waals surface area contributed by atoms with Crippen molar-refractivity contribution >= 4 is 0 Å². The SMILES string of the molecule is C=CCc1ccc(OCc2ccc(CC)cc2)c(-c2ccc(O)c(CC=C)c2)c1. The van der Waals surface area contributed by atoms with E-state index in [9.17, 15) is 5.11 Å². The highest BCUT2D eigenvalue weighted by Gasteiger charge is 2.11. The van der Waals surface area contributed by atoms with Crippen LogP contribution in [-0.2, 0) is 25.9 Å². The van der Waals surface area contributed by atoms with Crippen LogP contribution < -0.4 is 4.74 Å². The molecule has 3 rings (SSSR count). The number of phenolic OH excluding ortho intramolecular Hbond substituents is 1. The van der Waals surface area contributed by atoms with Crippen LogP contribution in [0.2, 0.25) is 0 Å². The van der Waals surface area contributed by atoms with Gasteiger partial charge in [-0.2, -0.15) is 0 Å². The van der Waals surface area contributed by atoms with Gasteiger partial charge in [-0.3, -0.25) is 0 Å². The van der Waals surface area contributed by atoms with Crippen molar-refractivity contribution in [2.45, 2.75) is 32.8 Å². The van der Waals surface area contributed by atoms with Crippen molar-refractivity contribution in [2.24, 2.45) is 0 Å². The van der Waals surface area contributed by atoms with Crippen LogP contribution in [0.15, 0.2) is 86.0 Å². The van der Waals surface area contributed by atoms with Gasteiger partial charge < -0.3 is 9.84 Å². The average Bonchev–Trinajstić information content (AvgIpc) is 2.75. The number of aromatic hydroxyl groups is 1. The third-order valence-electron chi connectivity index (χ3n) is 5.00. The minimum atomic E-state index is 0.286. The lowest BCUT2D eigenvalue weighted by Gasteiger charge is -2.15. The number of ether oxygens (including phenoxy) is 1. The summed E-state index contributed by atoms with van der Waals surface area (Å²) < 4.78 is 6.21. The second-order valence-corrected chi connectivity index (χ2v) is 7.12. The lowest BCUT2D eigenvalue weighted by molar-refractivity contribution is 0.307. The van der Waals surface area contributed by atoms with Gasteiger partial charge in [0.15, 0.2) is 0 Å². The molecular weight excluding hydrogens is 356 g/mol. The van der Waals surface area contributed by atoms with Crippen molar-refractivity contribution in [3.8, 4) is 22.6 Å². The fraction of sp³-hybridized carbons (Fsp3) is 0.185. The molecule has 29 heavy (non-hydrogen) atoms. The Kier molecular flexibility index (Phi) is 6.91. The van der Waals surface area contributed by atoms with Gasteiger partial charge in [0.25, 0.3) is 0 Å². The van der Waals surface area contributed by atoms with Crippen LogP contribution in [0.5, 0.6) is 11.5 Å². The minimum Gasteiger partial charge on any atom is -0.508 e. The first kappa shape index (κ1) is 20.5. The van der Waals surface area contributed by atoms with Crippen LogP contribution in [0, 0.1) is 0 Å². The van der Waals surface area contributed by atoms with Gasteiger partial charge >= 0.3 is 0 Å². The van der Waals surface area contributed by atoms with E-state index in [4.69, 9.17) is 4.74 Å². The summed E-state index contributed by atoms with van der Waals surface area (Å²) in [6.07, 6.45) is 6.14. The molecule has 0 heterocycles. The van der Waals surface area contributed by atoms with Crippen molar-refractivity contribution in [1.29, 1.82) is 0 Å². The maximum atomic E-state index is 10.1. The number of benzene rings is 3. The summed E-state index contributed by atoms with van der Waals surface area (Å²) in [6.45, 7) is 10.3. The summed E-state index contributed by atoms with van der Waals surface area (Å²) in [5.41, 5.74) is 6.52. The summed E-state index contributed by atoms with van der Waals surface area (Å²) in [6, 6.07) is 20.4. The van der Waals surface area contributed by atoms with Gasteiger partial charge in [0.2, 0.25) is 0 Å². The lowest BCUT2D eigenvalue weighted by atomic mass is 9.97. The number of aryl methyl sites for hydroxylation is 1. The fourth-order valence-electron chi connectivity index (χ4n) is 3.33. The minimum absolute atomic E-state index is 0.286. The van der Waals surface area contributed by atoms with Crippen LogP contribution >= 0.6 is 0 Å².